The summed E-state index contributed by atoms with van der Waals surface area (Å²) >= 11 is 0. The molecule has 0 bridgehead atoms. The highest BCUT2D eigenvalue weighted by atomic mass is 16.5. The average Bonchev–Trinajstić information content (AvgIpc) is 2.90. The lowest BCUT2D eigenvalue weighted by molar-refractivity contribution is -0.159. The van der Waals surface area contributed by atoms with E-state index in [-0.39, 0.29) is 5.91 Å². The van der Waals surface area contributed by atoms with E-state index >= 15 is 0 Å². The normalized spacial score (nSPS) is 16.7. The Morgan fingerprint density at radius 3 is 2.03 bits per heavy atom. The van der Waals surface area contributed by atoms with Crippen molar-refractivity contribution in [1.82, 2.24) is 9.80 Å². The van der Waals surface area contributed by atoms with Crippen LogP contribution in [0.1, 0.15) is 18.4 Å². The molecule has 0 saturated carbocycles. The molecule has 2 heterocycles. The molecular formula is C27H32N2O7. The Kier molecular flexibility index (Phi) is 10.5. The van der Waals surface area contributed by atoms with E-state index < -0.39 is 11.9 Å². The van der Waals surface area contributed by atoms with Crippen molar-refractivity contribution in [2.75, 3.05) is 45.9 Å². The van der Waals surface area contributed by atoms with Crippen molar-refractivity contribution in [3.63, 3.8) is 0 Å². The maximum atomic E-state index is 12.5. The predicted octanol–water partition coefficient (Wildman–Crippen LogP) is 3.22. The lowest BCUT2D eigenvalue weighted by Crippen LogP contribution is -2.46. The third kappa shape index (κ3) is 9.16. The van der Waals surface area contributed by atoms with Crippen LogP contribution in [0.25, 0.3) is 6.08 Å². The molecule has 0 spiro atoms. The highest BCUT2D eigenvalue weighted by Gasteiger charge is 2.23. The second kappa shape index (κ2) is 14.0. The number of carboxylic acid groups (broad SMARTS) is 2. The Hall–Kier alpha value is -3.69. The zero-order valence-corrected chi connectivity index (χ0v) is 20.1. The lowest BCUT2D eigenvalue weighted by Gasteiger charge is -2.33. The number of carbonyl (C=O) groups is 3. The molecule has 9 heteroatoms. The van der Waals surface area contributed by atoms with Crippen LogP contribution >= 0.6 is 0 Å². The summed E-state index contributed by atoms with van der Waals surface area (Å²) in [5.74, 6) is -1.18. The number of hydrogen-bond acceptors (Lipinski definition) is 6. The van der Waals surface area contributed by atoms with E-state index in [2.05, 4.69) is 29.2 Å². The molecule has 2 aliphatic heterocycles. The highest BCUT2D eigenvalue weighted by molar-refractivity contribution is 6.27. The minimum absolute atomic E-state index is 0.258. The lowest BCUT2D eigenvalue weighted by atomic mass is 9.95. The number of carbonyl (C=O) groups excluding carboxylic acids is 1. The predicted molar refractivity (Wildman–Crippen MR) is 134 cm³/mol. The highest BCUT2D eigenvalue weighted by Crippen LogP contribution is 2.23. The van der Waals surface area contributed by atoms with Crippen LogP contribution in [0.4, 0.5) is 0 Å². The molecule has 4 rings (SSSR count). The maximum Gasteiger partial charge on any atom is 0.414 e. The second-order valence-corrected chi connectivity index (χ2v) is 8.56. The van der Waals surface area contributed by atoms with Crippen molar-refractivity contribution in [1.29, 1.82) is 0 Å². The molecule has 36 heavy (non-hydrogen) atoms. The van der Waals surface area contributed by atoms with E-state index in [0.29, 0.717) is 12.5 Å². The number of likely N-dealkylation sites (tertiary alicyclic amines) is 1. The Bertz CT molecular complexity index is 998. The van der Waals surface area contributed by atoms with Gasteiger partial charge >= 0.3 is 11.9 Å². The van der Waals surface area contributed by atoms with Gasteiger partial charge in [0.2, 0.25) is 5.91 Å². The smallest absolute Gasteiger partial charge is 0.414 e. The topological polar surface area (TPSA) is 117 Å². The second-order valence-electron chi connectivity index (χ2n) is 8.56. The Morgan fingerprint density at radius 1 is 0.861 bits per heavy atom. The number of rotatable bonds is 6. The third-order valence-corrected chi connectivity index (χ3v) is 5.96. The van der Waals surface area contributed by atoms with Gasteiger partial charge in [-0.3, -0.25) is 9.69 Å². The number of piperidine rings is 1. The minimum Gasteiger partial charge on any atom is -0.473 e. The van der Waals surface area contributed by atoms with E-state index in [1.54, 1.807) is 0 Å². The number of ether oxygens (including phenoxy) is 2. The standard InChI is InChI=1S/C25H30N2O3.C2H2O4/c28-25(20-26-16-18-29-19-17-26)27-14-12-22(13-15-27)7-6-21-8-10-24(11-9-21)30-23-4-2-1-3-5-23;3-1(4)2(5)6/h1-11,22H,12-20H2;(H,3,4)(H,5,6)/b7-6-;. The molecule has 2 saturated heterocycles. The number of hydrogen-bond donors (Lipinski definition) is 2. The van der Waals surface area contributed by atoms with Crippen LogP contribution in [0.15, 0.2) is 60.7 Å². The van der Waals surface area contributed by atoms with Gasteiger partial charge in [0.15, 0.2) is 0 Å². The summed E-state index contributed by atoms with van der Waals surface area (Å²) in [6.45, 7) is 5.42. The van der Waals surface area contributed by atoms with Crippen LogP contribution in [0.5, 0.6) is 11.5 Å². The molecule has 1 amide bonds. The summed E-state index contributed by atoms with van der Waals surface area (Å²) in [6.07, 6.45) is 6.53. The average molecular weight is 497 g/mol. The van der Waals surface area contributed by atoms with E-state index in [4.69, 9.17) is 29.3 Å². The molecule has 0 atom stereocenters. The Morgan fingerprint density at radius 2 is 1.44 bits per heavy atom. The van der Waals surface area contributed by atoms with E-state index in [0.717, 1.165) is 63.7 Å². The van der Waals surface area contributed by atoms with Crippen LogP contribution in [0.2, 0.25) is 0 Å². The fourth-order valence-electron chi connectivity index (χ4n) is 3.91. The summed E-state index contributed by atoms with van der Waals surface area (Å²) in [5.41, 5.74) is 1.17. The van der Waals surface area contributed by atoms with Crippen LogP contribution in [0, 0.1) is 5.92 Å². The van der Waals surface area contributed by atoms with Gasteiger partial charge in [-0.25, -0.2) is 9.59 Å². The molecule has 0 radical (unpaired) electrons. The van der Waals surface area contributed by atoms with Gasteiger partial charge in [-0.15, -0.1) is 0 Å². The molecule has 9 nitrogen and oxygen atoms in total. The number of para-hydroxylation sites is 1. The van der Waals surface area contributed by atoms with Crippen LogP contribution in [-0.2, 0) is 19.1 Å². The summed E-state index contributed by atoms with van der Waals surface area (Å²) in [7, 11) is 0. The first-order chi connectivity index (χ1) is 17.4. The summed E-state index contributed by atoms with van der Waals surface area (Å²) in [6, 6.07) is 18.0. The van der Waals surface area contributed by atoms with Gasteiger partial charge in [0.05, 0.1) is 19.8 Å². The fraction of sp³-hybridized carbons (Fsp3) is 0.370. The molecule has 2 aliphatic rings. The summed E-state index contributed by atoms with van der Waals surface area (Å²) in [5, 5.41) is 14.8. The van der Waals surface area contributed by atoms with Crippen molar-refractivity contribution in [2.45, 2.75) is 12.8 Å². The number of aliphatic carboxylic acids is 2. The first kappa shape index (κ1) is 26.9. The van der Waals surface area contributed by atoms with Crippen molar-refractivity contribution >= 4 is 23.9 Å². The zero-order chi connectivity index (χ0) is 25.8. The number of allylic oxidation sites excluding steroid dienone is 1. The van der Waals surface area contributed by atoms with Gasteiger partial charge in [-0.1, -0.05) is 42.5 Å². The van der Waals surface area contributed by atoms with Gasteiger partial charge in [0.1, 0.15) is 11.5 Å². The minimum atomic E-state index is -1.82. The molecule has 192 valence electrons. The van der Waals surface area contributed by atoms with Gasteiger partial charge in [-0.2, -0.15) is 0 Å². The molecule has 0 unspecified atom stereocenters. The maximum absolute atomic E-state index is 12.5. The van der Waals surface area contributed by atoms with Crippen molar-refractivity contribution in [3.05, 3.63) is 66.2 Å². The van der Waals surface area contributed by atoms with Crippen LogP contribution in [-0.4, -0.2) is 83.8 Å². The Balaban J connectivity index is 0.000000538. The quantitative estimate of drug-likeness (QED) is 0.586. The van der Waals surface area contributed by atoms with Gasteiger partial charge < -0.3 is 24.6 Å². The number of amides is 1. The number of morpholine rings is 1. The van der Waals surface area contributed by atoms with E-state index in [1.807, 2.05) is 47.4 Å². The van der Waals surface area contributed by atoms with Gasteiger partial charge in [0.25, 0.3) is 0 Å². The zero-order valence-electron chi connectivity index (χ0n) is 20.1. The van der Waals surface area contributed by atoms with Crippen molar-refractivity contribution in [2.24, 2.45) is 5.92 Å². The molecule has 2 aromatic rings. The molecule has 2 fully saturated rings. The monoisotopic (exact) mass is 496 g/mol. The Labute approximate surface area is 210 Å². The van der Waals surface area contributed by atoms with Gasteiger partial charge in [0, 0.05) is 26.2 Å². The summed E-state index contributed by atoms with van der Waals surface area (Å²) < 4.78 is 11.2. The first-order valence-electron chi connectivity index (χ1n) is 12.0. The van der Waals surface area contributed by atoms with Crippen LogP contribution < -0.4 is 4.74 Å². The molecule has 2 N–H and O–H groups in total. The molecule has 0 aliphatic carbocycles. The number of nitrogens with zero attached hydrogens (tertiary/aromatic N) is 2. The molecular weight excluding hydrogens is 464 g/mol. The number of carboxylic acids is 2. The van der Waals surface area contributed by atoms with Crippen LogP contribution in [0.3, 0.4) is 0 Å². The third-order valence-electron chi connectivity index (χ3n) is 5.96. The fourth-order valence-corrected chi connectivity index (χ4v) is 3.91. The summed E-state index contributed by atoms with van der Waals surface area (Å²) in [4.78, 5) is 34.9. The largest absolute Gasteiger partial charge is 0.473 e. The molecule has 0 aromatic heterocycles. The van der Waals surface area contributed by atoms with Crippen molar-refractivity contribution < 1.29 is 34.1 Å². The molecule has 2 aromatic carbocycles. The van der Waals surface area contributed by atoms with E-state index in [1.165, 1.54) is 5.56 Å². The number of benzene rings is 2. The van der Waals surface area contributed by atoms with Crippen molar-refractivity contribution in [3.8, 4) is 11.5 Å². The first-order valence-corrected chi connectivity index (χ1v) is 12.0. The van der Waals surface area contributed by atoms with E-state index in [9.17, 15) is 4.79 Å². The van der Waals surface area contributed by atoms with Gasteiger partial charge in [-0.05, 0) is 48.6 Å². The SMILES string of the molecule is O=C(CN1CCOCC1)N1CCC(/C=C\c2ccc(Oc3ccccc3)cc2)CC1.O=C(O)C(=O)O.